The molecule has 1 saturated heterocycles. The van der Waals surface area contributed by atoms with Gasteiger partial charge in [0, 0.05) is 18.5 Å². The molecule has 0 aromatic carbocycles. The van der Waals surface area contributed by atoms with E-state index in [0.29, 0.717) is 13.0 Å². The molecule has 0 aromatic rings. The van der Waals surface area contributed by atoms with E-state index in [1.165, 1.54) is 0 Å². The first-order valence-electron chi connectivity index (χ1n) is 6.83. The lowest BCUT2D eigenvalue weighted by Crippen LogP contribution is -2.43. The number of carbonyl (C=O) groups excluding carboxylic acids is 2. The summed E-state index contributed by atoms with van der Waals surface area (Å²) in [5.74, 6) is -0.336. The van der Waals surface area contributed by atoms with E-state index in [1.54, 1.807) is 4.90 Å². The van der Waals surface area contributed by atoms with E-state index in [4.69, 9.17) is 11.0 Å². The number of hydrogen-bond acceptors (Lipinski definition) is 4. The Labute approximate surface area is 112 Å². The predicted octanol–water partition coefficient (Wildman–Crippen LogP) is -0.255. The molecule has 2 unspecified atom stereocenters. The van der Waals surface area contributed by atoms with Gasteiger partial charge in [-0.25, -0.2) is 0 Å². The van der Waals surface area contributed by atoms with Crippen molar-refractivity contribution in [1.82, 2.24) is 10.2 Å². The summed E-state index contributed by atoms with van der Waals surface area (Å²) in [4.78, 5) is 24.7. The second-order valence-electron chi connectivity index (χ2n) is 5.36. The fraction of sp³-hybridized carbons (Fsp3) is 0.769. The second kappa shape index (κ2) is 6.02. The van der Waals surface area contributed by atoms with Gasteiger partial charge in [0.25, 0.3) is 0 Å². The first-order valence-corrected chi connectivity index (χ1v) is 6.83. The predicted molar refractivity (Wildman–Crippen MR) is 68.7 cm³/mol. The molecule has 2 rings (SSSR count). The molecule has 0 bridgehead atoms. The van der Waals surface area contributed by atoms with Crippen LogP contribution < -0.4 is 11.1 Å². The van der Waals surface area contributed by atoms with E-state index in [2.05, 4.69) is 11.4 Å². The molecular formula is C13H20N4O2. The highest BCUT2D eigenvalue weighted by Gasteiger charge is 2.31. The number of hydrogen-bond donors (Lipinski definition) is 2. The summed E-state index contributed by atoms with van der Waals surface area (Å²) in [6.07, 6.45) is 4.06. The zero-order chi connectivity index (χ0) is 13.8. The number of nitriles is 1. The van der Waals surface area contributed by atoms with E-state index >= 15 is 0 Å². The van der Waals surface area contributed by atoms with Crippen LogP contribution in [0.3, 0.4) is 0 Å². The fourth-order valence-corrected chi connectivity index (χ4v) is 2.96. The van der Waals surface area contributed by atoms with Crippen molar-refractivity contribution in [1.29, 1.82) is 5.26 Å². The minimum absolute atomic E-state index is 0.0217. The van der Waals surface area contributed by atoms with Gasteiger partial charge in [-0.2, -0.15) is 5.26 Å². The molecule has 0 radical (unpaired) electrons. The molecule has 104 valence electrons. The van der Waals surface area contributed by atoms with Crippen molar-refractivity contribution in [2.75, 3.05) is 13.1 Å². The van der Waals surface area contributed by atoms with Crippen molar-refractivity contribution >= 4 is 11.8 Å². The minimum atomic E-state index is -0.267. The van der Waals surface area contributed by atoms with Gasteiger partial charge in [-0.05, 0) is 32.1 Å². The number of likely N-dealkylation sites (tertiary alicyclic amines) is 1. The zero-order valence-corrected chi connectivity index (χ0v) is 11.0. The molecule has 1 aliphatic heterocycles. The SMILES string of the molecule is N#C[C@@H]1CCCN1C(=O)CNC1CCC(C(N)=O)C1. The normalized spacial score (nSPS) is 30.3. The molecule has 6 nitrogen and oxygen atoms in total. The molecule has 0 spiro atoms. The van der Waals surface area contributed by atoms with Crippen LogP contribution in [0.25, 0.3) is 0 Å². The highest BCUT2D eigenvalue weighted by atomic mass is 16.2. The number of carbonyl (C=O) groups is 2. The van der Waals surface area contributed by atoms with Crippen molar-refractivity contribution < 1.29 is 9.59 Å². The number of nitrogens with two attached hydrogens (primary N) is 1. The van der Waals surface area contributed by atoms with Gasteiger partial charge in [0.1, 0.15) is 6.04 Å². The third-order valence-electron chi connectivity index (χ3n) is 4.10. The molecule has 0 aromatic heterocycles. The van der Waals surface area contributed by atoms with Crippen molar-refractivity contribution in [3.8, 4) is 6.07 Å². The summed E-state index contributed by atoms with van der Waals surface area (Å²) in [5.41, 5.74) is 5.27. The van der Waals surface area contributed by atoms with Crippen LogP contribution in [-0.4, -0.2) is 41.9 Å². The molecule has 19 heavy (non-hydrogen) atoms. The lowest BCUT2D eigenvalue weighted by atomic mass is 10.1. The number of nitrogens with zero attached hydrogens (tertiary/aromatic N) is 2. The quantitative estimate of drug-likeness (QED) is 0.731. The summed E-state index contributed by atoms with van der Waals surface area (Å²) >= 11 is 0. The summed E-state index contributed by atoms with van der Waals surface area (Å²) < 4.78 is 0. The smallest absolute Gasteiger partial charge is 0.237 e. The van der Waals surface area contributed by atoms with Crippen molar-refractivity contribution in [2.45, 2.75) is 44.2 Å². The summed E-state index contributed by atoms with van der Waals surface area (Å²) in [6.45, 7) is 0.918. The van der Waals surface area contributed by atoms with Gasteiger partial charge in [-0.1, -0.05) is 0 Å². The zero-order valence-electron chi connectivity index (χ0n) is 11.0. The van der Waals surface area contributed by atoms with E-state index in [1.807, 2.05) is 0 Å². The Balaban J connectivity index is 1.76. The van der Waals surface area contributed by atoms with E-state index < -0.39 is 0 Å². The lowest BCUT2D eigenvalue weighted by molar-refractivity contribution is -0.130. The maximum absolute atomic E-state index is 12.0. The van der Waals surface area contributed by atoms with E-state index in [-0.39, 0.29) is 36.4 Å². The lowest BCUT2D eigenvalue weighted by Gasteiger charge is -2.21. The molecule has 2 aliphatic rings. The van der Waals surface area contributed by atoms with Crippen LogP contribution in [0, 0.1) is 17.2 Å². The Morgan fingerprint density at radius 2 is 2.16 bits per heavy atom. The van der Waals surface area contributed by atoms with Crippen molar-refractivity contribution in [3.05, 3.63) is 0 Å². The second-order valence-corrected chi connectivity index (χ2v) is 5.36. The molecule has 1 heterocycles. The maximum atomic E-state index is 12.0. The van der Waals surface area contributed by atoms with Crippen LogP contribution in [-0.2, 0) is 9.59 Å². The van der Waals surface area contributed by atoms with Crippen LogP contribution in [0.4, 0.5) is 0 Å². The highest BCUT2D eigenvalue weighted by Crippen LogP contribution is 2.25. The third-order valence-corrected chi connectivity index (χ3v) is 4.10. The number of nitrogens with one attached hydrogen (secondary N) is 1. The molecule has 3 atom stereocenters. The van der Waals surface area contributed by atoms with Gasteiger partial charge >= 0.3 is 0 Å². The first-order chi connectivity index (χ1) is 9.11. The van der Waals surface area contributed by atoms with Crippen LogP contribution in [0.15, 0.2) is 0 Å². The fourth-order valence-electron chi connectivity index (χ4n) is 2.96. The van der Waals surface area contributed by atoms with Gasteiger partial charge < -0.3 is 16.0 Å². The van der Waals surface area contributed by atoms with Gasteiger partial charge in [0.15, 0.2) is 0 Å². The van der Waals surface area contributed by atoms with Crippen LogP contribution >= 0.6 is 0 Å². The molecular weight excluding hydrogens is 244 g/mol. The summed E-state index contributed by atoms with van der Waals surface area (Å²) in [7, 11) is 0. The van der Waals surface area contributed by atoms with Crippen LogP contribution in [0.2, 0.25) is 0 Å². The topological polar surface area (TPSA) is 99.2 Å². The Bertz CT molecular complexity index is 404. The summed E-state index contributed by atoms with van der Waals surface area (Å²) in [6, 6.07) is 2.08. The third kappa shape index (κ3) is 3.24. The van der Waals surface area contributed by atoms with Crippen LogP contribution in [0.1, 0.15) is 32.1 Å². The average Bonchev–Trinajstić information content (AvgIpc) is 3.04. The maximum Gasteiger partial charge on any atom is 0.237 e. The van der Waals surface area contributed by atoms with E-state index in [9.17, 15) is 9.59 Å². The monoisotopic (exact) mass is 264 g/mol. The van der Waals surface area contributed by atoms with Gasteiger partial charge in [0.05, 0.1) is 12.6 Å². The number of primary amides is 1. The molecule has 1 saturated carbocycles. The number of amides is 2. The molecule has 6 heteroatoms. The molecule has 2 amide bonds. The summed E-state index contributed by atoms with van der Waals surface area (Å²) in [5, 5.41) is 12.1. The number of rotatable bonds is 4. The van der Waals surface area contributed by atoms with Crippen molar-refractivity contribution in [3.63, 3.8) is 0 Å². The average molecular weight is 264 g/mol. The molecule has 2 fully saturated rings. The Morgan fingerprint density at radius 1 is 1.37 bits per heavy atom. The minimum Gasteiger partial charge on any atom is -0.369 e. The van der Waals surface area contributed by atoms with Crippen molar-refractivity contribution in [2.24, 2.45) is 11.7 Å². The van der Waals surface area contributed by atoms with E-state index in [0.717, 1.165) is 25.7 Å². The molecule has 1 aliphatic carbocycles. The largest absolute Gasteiger partial charge is 0.369 e. The highest BCUT2D eigenvalue weighted by molar-refractivity contribution is 5.79. The Morgan fingerprint density at radius 3 is 2.79 bits per heavy atom. The Hall–Kier alpha value is -1.61. The molecule has 3 N–H and O–H groups in total. The van der Waals surface area contributed by atoms with Gasteiger partial charge in [0.2, 0.25) is 11.8 Å². The van der Waals surface area contributed by atoms with Gasteiger partial charge in [-0.15, -0.1) is 0 Å². The standard InChI is InChI=1S/C13H20N4O2/c14-7-11-2-1-5-17(11)12(18)8-16-10-4-3-9(6-10)13(15)19/h9-11,16H,1-6,8H2,(H2,15,19)/t9?,10?,11-/m0/s1. The Kier molecular flexibility index (Phi) is 4.38. The first kappa shape index (κ1) is 13.8. The van der Waals surface area contributed by atoms with Gasteiger partial charge in [-0.3, -0.25) is 9.59 Å². The van der Waals surface area contributed by atoms with Crippen LogP contribution in [0.5, 0.6) is 0 Å².